The van der Waals surface area contributed by atoms with E-state index in [0.717, 1.165) is 0 Å². The summed E-state index contributed by atoms with van der Waals surface area (Å²) >= 11 is 0. The van der Waals surface area contributed by atoms with Crippen LogP contribution in [-0.4, -0.2) is 67.4 Å². The van der Waals surface area contributed by atoms with Gasteiger partial charge >= 0.3 is 0 Å². The average Bonchev–Trinajstić information content (AvgIpc) is 2.74. The van der Waals surface area contributed by atoms with Crippen LogP contribution in [0.25, 0.3) is 0 Å². The standard InChI is InChI=1S/C22H24O9/c23-9-11-5-18(21(28)22(29)20(11)27)30-13-6-14(25)19-15(26)8-16(31-17(19)7-13)10-1-3-12(24)4-2-10/h1-4,6-7,11,16,18,20-25,27-29H,5,8-9H2/t11-,16+,18-,20-,21+,22+/m1/s1. The van der Waals surface area contributed by atoms with Gasteiger partial charge in [0.05, 0.1) is 12.5 Å². The molecule has 0 amide bonds. The van der Waals surface area contributed by atoms with Crippen molar-refractivity contribution in [1.82, 2.24) is 0 Å². The second kappa shape index (κ2) is 8.35. The number of phenols is 2. The summed E-state index contributed by atoms with van der Waals surface area (Å²) in [5.74, 6) is -1.06. The van der Waals surface area contributed by atoms with Gasteiger partial charge in [-0.3, -0.25) is 4.79 Å². The molecule has 9 heteroatoms. The minimum atomic E-state index is -1.50. The van der Waals surface area contributed by atoms with Crippen LogP contribution in [0.4, 0.5) is 0 Å². The molecule has 1 saturated carbocycles. The van der Waals surface area contributed by atoms with E-state index in [4.69, 9.17) is 9.47 Å². The van der Waals surface area contributed by atoms with Crippen LogP contribution in [0.15, 0.2) is 36.4 Å². The fraction of sp³-hybridized carbons (Fsp3) is 0.409. The second-order valence-electron chi connectivity index (χ2n) is 7.95. The van der Waals surface area contributed by atoms with E-state index >= 15 is 0 Å². The molecular formula is C22H24O9. The minimum Gasteiger partial charge on any atom is -0.508 e. The van der Waals surface area contributed by atoms with Crippen LogP contribution in [0, 0.1) is 5.92 Å². The van der Waals surface area contributed by atoms with Gasteiger partial charge in [0.1, 0.15) is 53.0 Å². The van der Waals surface area contributed by atoms with Crippen molar-refractivity contribution in [2.45, 2.75) is 43.4 Å². The van der Waals surface area contributed by atoms with E-state index in [0.29, 0.717) is 5.56 Å². The molecule has 1 aliphatic heterocycles. The molecule has 0 bridgehead atoms. The van der Waals surface area contributed by atoms with Crippen molar-refractivity contribution < 1.29 is 44.9 Å². The van der Waals surface area contributed by atoms with Crippen molar-refractivity contribution in [1.29, 1.82) is 0 Å². The molecule has 6 atom stereocenters. The van der Waals surface area contributed by atoms with Gasteiger partial charge < -0.3 is 40.1 Å². The number of ether oxygens (including phenoxy) is 2. The highest BCUT2D eigenvalue weighted by Gasteiger charge is 2.44. The summed E-state index contributed by atoms with van der Waals surface area (Å²) in [5, 5.41) is 59.5. The number of benzene rings is 2. The first kappa shape index (κ1) is 21.4. The molecule has 31 heavy (non-hydrogen) atoms. The van der Waals surface area contributed by atoms with E-state index in [1.165, 1.54) is 24.3 Å². The third-order valence-corrected chi connectivity index (χ3v) is 5.86. The highest BCUT2D eigenvalue weighted by molar-refractivity contribution is 6.02. The number of ketones is 1. The van der Waals surface area contributed by atoms with Crippen LogP contribution >= 0.6 is 0 Å². The zero-order chi connectivity index (χ0) is 22.3. The summed E-state index contributed by atoms with van der Waals surface area (Å²) < 4.78 is 11.7. The highest BCUT2D eigenvalue weighted by atomic mass is 16.5. The smallest absolute Gasteiger partial charge is 0.174 e. The minimum absolute atomic E-state index is 0.00907. The van der Waals surface area contributed by atoms with E-state index in [1.807, 2.05) is 0 Å². The zero-order valence-electron chi connectivity index (χ0n) is 16.5. The molecule has 6 N–H and O–H groups in total. The number of aliphatic hydroxyl groups is 4. The SMILES string of the molecule is O=C1C[C@@H](c2ccc(O)cc2)Oc2cc(O[C@@H]3C[C@H](CO)[C@@H](O)[C@H](O)[C@H]3O)cc(O)c21. The Morgan fingerprint density at radius 1 is 1.00 bits per heavy atom. The van der Waals surface area contributed by atoms with E-state index in [1.54, 1.807) is 12.1 Å². The van der Waals surface area contributed by atoms with Crippen molar-refractivity contribution in [3.05, 3.63) is 47.5 Å². The molecule has 9 nitrogen and oxygen atoms in total. The Morgan fingerprint density at radius 3 is 2.39 bits per heavy atom. The Labute approximate surface area is 177 Å². The zero-order valence-corrected chi connectivity index (χ0v) is 16.5. The Morgan fingerprint density at radius 2 is 1.71 bits per heavy atom. The van der Waals surface area contributed by atoms with Crippen molar-refractivity contribution in [3.63, 3.8) is 0 Å². The summed E-state index contributed by atoms with van der Waals surface area (Å²) in [6.07, 6.45) is -5.70. The number of rotatable bonds is 4. The third kappa shape index (κ3) is 4.05. The third-order valence-electron chi connectivity index (χ3n) is 5.86. The quantitative estimate of drug-likeness (QED) is 0.408. The lowest BCUT2D eigenvalue weighted by Crippen LogP contribution is -2.56. The number of carbonyl (C=O) groups excluding carboxylic acids is 1. The second-order valence-corrected chi connectivity index (χ2v) is 7.95. The van der Waals surface area contributed by atoms with Crippen LogP contribution in [0.5, 0.6) is 23.0 Å². The fourth-order valence-corrected chi connectivity index (χ4v) is 4.11. The van der Waals surface area contributed by atoms with Crippen LogP contribution in [-0.2, 0) is 0 Å². The predicted octanol–water partition coefficient (Wildman–Crippen LogP) is 0.647. The van der Waals surface area contributed by atoms with Crippen molar-refractivity contribution in [2.75, 3.05) is 6.61 Å². The lowest BCUT2D eigenvalue weighted by Gasteiger charge is -2.39. The molecule has 2 aliphatic rings. The highest BCUT2D eigenvalue weighted by Crippen LogP contribution is 2.42. The molecule has 4 rings (SSSR count). The topological polar surface area (TPSA) is 157 Å². The molecule has 0 spiro atoms. The van der Waals surface area contributed by atoms with E-state index < -0.39 is 43.0 Å². The Bertz CT molecular complexity index is 956. The van der Waals surface area contributed by atoms with Crippen molar-refractivity contribution in [3.8, 4) is 23.0 Å². The Hall–Kier alpha value is -2.85. The molecule has 0 radical (unpaired) electrons. The number of carbonyl (C=O) groups is 1. The first-order valence-electron chi connectivity index (χ1n) is 9.96. The average molecular weight is 432 g/mol. The molecule has 1 fully saturated rings. The van der Waals surface area contributed by atoms with Crippen LogP contribution in [0.2, 0.25) is 0 Å². The van der Waals surface area contributed by atoms with Gasteiger partial charge in [0, 0.05) is 24.7 Å². The molecular weight excluding hydrogens is 408 g/mol. The van der Waals surface area contributed by atoms with Gasteiger partial charge in [0.2, 0.25) is 0 Å². The molecule has 1 aliphatic carbocycles. The number of hydrogen-bond donors (Lipinski definition) is 6. The monoisotopic (exact) mass is 432 g/mol. The molecule has 0 unspecified atom stereocenters. The molecule has 166 valence electrons. The molecule has 0 aromatic heterocycles. The maximum atomic E-state index is 12.6. The fourth-order valence-electron chi connectivity index (χ4n) is 4.11. The number of Topliss-reactive ketones (excluding diaryl/α,β-unsaturated/α-hetero) is 1. The lowest BCUT2D eigenvalue weighted by molar-refractivity contribution is -0.157. The van der Waals surface area contributed by atoms with E-state index in [9.17, 15) is 35.4 Å². The van der Waals surface area contributed by atoms with Gasteiger partial charge in [0.25, 0.3) is 0 Å². The number of aliphatic hydroxyl groups excluding tert-OH is 4. The number of aromatic hydroxyl groups is 2. The number of fused-ring (bicyclic) bond motifs is 1. The maximum absolute atomic E-state index is 12.6. The molecule has 2 aromatic rings. The molecule has 2 aromatic carbocycles. The van der Waals surface area contributed by atoms with Gasteiger partial charge in [-0.05, 0) is 24.1 Å². The van der Waals surface area contributed by atoms with Crippen LogP contribution in [0.1, 0.15) is 34.9 Å². The first-order valence-corrected chi connectivity index (χ1v) is 9.96. The van der Waals surface area contributed by atoms with Gasteiger partial charge in [-0.2, -0.15) is 0 Å². The molecule has 0 saturated heterocycles. The number of phenolic OH excluding ortho intramolecular Hbond substituents is 2. The lowest BCUT2D eigenvalue weighted by atomic mass is 9.81. The van der Waals surface area contributed by atoms with Gasteiger partial charge in [-0.1, -0.05) is 12.1 Å². The van der Waals surface area contributed by atoms with Crippen molar-refractivity contribution in [2.24, 2.45) is 5.92 Å². The van der Waals surface area contributed by atoms with Crippen molar-refractivity contribution >= 4 is 5.78 Å². The van der Waals surface area contributed by atoms with E-state index in [2.05, 4.69) is 0 Å². The van der Waals surface area contributed by atoms with E-state index in [-0.39, 0.29) is 47.2 Å². The summed E-state index contributed by atoms with van der Waals surface area (Å²) in [6, 6.07) is 8.88. The van der Waals surface area contributed by atoms with Gasteiger partial charge in [0.15, 0.2) is 5.78 Å². The maximum Gasteiger partial charge on any atom is 0.174 e. The summed E-state index contributed by atoms with van der Waals surface area (Å²) in [4.78, 5) is 12.6. The van der Waals surface area contributed by atoms with Gasteiger partial charge in [-0.15, -0.1) is 0 Å². The van der Waals surface area contributed by atoms with Gasteiger partial charge in [-0.25, -0.2) is 0 Å². The summed E-state index contributed by atoms with van der Waals surface area (Å²) in [6.45, 7) is -0.397. The summed E-state index contributed by atoms with van der Waals surface area (Å²) in [7, 11) is 0. The normalized spacial score (nSPS) is 30.4. The summed E-state index contributed by atoms with van der Waals surface area (Å²) in [5.41, 5.74) is 0.698. The predicted molar refractivity (Wildman–Crippen MR) is 106 cm³/mol. The first-order chi connectivity index (χ1) is 14.8. The Balaban J connectivity index is 1.59. The Kier molecular flexibility index (Phi) is 5.76. The largest absolute Gasteiger partial charge is 0.508 e. The van der Waals surface area contributed by atoms with Crippen LogP contribution < -0.4 is 9.47 Å². The molecule has 1 heterocycles. The number of hydrogen-bond acceptors (Lipinski definition) is 9. The van der Waals surface area contributed by atoms with Crippen LogP contribution in [0.3, 0.4) is 0 Å².